The fraction of sp³-hybridized carbons (Fsp3) is 0.571. The zero-order valence-corrected chi connectivity index (χ0v) is 11.5. The van der Waals surface area contributed by atoms with Gasteiger partial charge in [0.05, 0.1) is 13.7 Å². The minimum atomic E-state index is -0.392. The third-order valence-electron chi connectivity index (χ3n) is 3.21. The molecule has 5 heteroatoms. The molecule has 0 spiro atoms. The average Bonchev–Trinajstić information content (AvgIpc) is 2.47. The molecule has 0 aromatic carbocycles. The van der Waals surface area contributed by atoms with Crippen LogP contribution < -0.4 is 9.64 Å². The first-order valence-corrected chi connectivity index (χ1v) is 6.73. The molecule has 0 saturated carbocycles. The van der Waals surface area contributed by atoms with Gasteiger partial charge in [0.25, 0.3) is 0 Å². The van der Waals surface area contributed by atoms with Gasteiger partial charge in [-0.15, -0.1) is 0 Å². The number of rotatable bonds is 4. The normalized spacial score (nSPS) is 15.2. The van der Waals surface area contributed by atoms with E-state index in [0.29, 0.717) is 18.1 Å². The second kappa shape index (κ2) is 6.41. The number of piperidine rings is 1. The fourth-order valence-electron chi connectivity index (χ4n) is 2.25. The summed E-state index contributed by atoms with van der Waals surface area (Å²) in [6, 6.07) is 3.59. The van der Waals surface area contributed by atoms with E-state index in [1.807, 2.05) is 6.07 Å². The Hall–Kier alpha value is -1.78. The maximum Gasteiger partial charge on any atom is 0.343 e. The van der Waals surface area contributed by atoms with Crippen LogP contribution in [0, 0.1) is 0 Å². The predicted molar refractivity (Wildman–Crippen MR) is 72.8 cm³/mol. The molecule has 2 heterocycles. The third kappa shape index (κ3) is 3.16. The van der Waals surface area contributed by atoms with Crippen molar-refractivity contribution in [2.24, 2.45) is 0 Å². The molecule has 19 heavy (non-hydrogen) atoms. The summed E-state index contributed by atoms with van der Waals surface area (Å²) < 4.78 is 10.2. The van der Waals surface area contributed by atoms with Crippen molar-refractivity contribution in [1.29, 1.82) is 0 Å². The first kappa shape index (κ1) is 13.6. The van der Waals surface area contributed by atoms with Crippen LogP contribution in [0.5, 0.6) is 5.88 Å². The van der Waals surface area contributed by atoms with Gasteiger partial charge in [-0.3, -0.25) is 0 Å². The molecule has 0 unspecified atom stereocenters. The van der Waals surface area contributed by atoms with Crippen molar-refractivity contribution >= 4 is 11.8 Å². The number of esters is 1. The van der Waals surface area contributed by atoms with Crippen molar-refractivity contribution in [3.8, 4) is 5.88 Å². The fourth-order valence-corrected chi connectivity index (χ4v) is 2.25. The van der Waals surface area contributed by atoms with Crippen LogP contribution in [0.25, 0.3) is 0 Å². The van der Waals surface area contributed by atoms with Crippen LogP contribution >= 0.6 is 0 Å². The van der Waals surface area contributed by atoms with Crippen LogP contribution in [-0.4, -0.2) is 37.8 Å². The third-order valence-corrected chi connectivity index (χ3v) is 3.21. The summed E-state index contributed by atoms with van der Waals surface area (Å²) in [4.78, 5) is 18.4. The van der Waals surface area contributed by atoms with Crippen molar-refractivity contribution in [1.82, 2.24) is 4.98 Å². The lowest BCUT2D eigenvalue weighted by Gasteiger charge is -2.28. The van der Waals surface area contributed by atoms with Crippen molar-refractivity contribution in [3.05, 3.63) is 17.7 Å². The van der Waals surface area contributed by atoms with E-state index >= 15 is 0 Å². The minimum Gasteiger partial charge on any atom is -0.480 e. The van der Waals surface area contributed by atoms with Crippen molar-refractivity contribution < 1.29 is 14.3 Å². The van der Waals surface area contributed by atoms with E-state index in [2.05, 4.69) is 9.88 Å². The number of hydrogen-bond acceptors (Lipinski definition) is 5. The Morgan fingerprint density at radius 2 is 2.05 bits per heavy atom. The first-order chi connectivity index (χ1) is 9.26. The molecule has 0 bridgehead atoms. The molecule has 1 saturated heterocycles. The molecule has 1 aliphatic rings. The Kier molecular flexibility index (Phi) is 4.60. The Morgan fingerprint density at radius 3 is 2.68 bits per heavy atom. The zero-order chi connectivity index (χ0) is 13.7. The van der Waals surface area contributed by atoms with E-state index in [0.717, 1.165) is 18.9 Å². The van der Waals surface area contributed by atoms with Crippen LogP contribution in [0.1, 0.15) is 36.5 Å². The van der Waals surface area contributed by atoms with Gasteiger partial charge in [0, 0.05) is 13.1 Å². The molecular weight excluding hydrogens is 244 g/mol. The quantitative estimate of drug-likeness (QED) is 0.781. The number of pyridine rings is 1. The van der Waals surface area contributed by atoms with Crippen molar-refractivity contribution in [2.75, 3.05) is 31.7 Å². The van der Waals surface area contributed by atoms with E-state index < -0.39 is 5.97 Å². The van der Waals surface area contributed by atoms with Gasteiger partial charge < -0.3 is 14.4 Å². The second-order valence-electron chi connectivity index (χ2n) is 4.49. The molecule has 5 nitrogen and oxygen atoms in total. The highest BCUT2D eigenvalue weighted by Gasteiger charge is 2.18. The maximum absolute atomic E-state index is 11.8. The lowest BCUT2D eigenvalue weighted by Crippen LogP contribution is -2.30. The Balaban J connectivity index is 2.22. The van der Waals surface area contributed by atoms with Gasteiger partial charge in [0.2, 0.25) is 5.88 Å². The van der Waals surface area contributed by atoms with Crippen LogP contribution in [0.4, 0.5) is 5.82 Å². The molecular formula is C14H20N2O3. The Labute approximate surface area is 113 Å². The van der Waals surface area contributed by atoms with E-state index in [-0.39, 0.29) is 0 Å². The smallest absolute Gasteiger partial charge is 0.343 e. The van der Waals surface area contributed by atoms with E-state index in [1.54, 1.807) is 13.0 Å². The first-order valence-electron chi connectivity index (χ1n) is 6.73. The van der Waals surface area contributed by atoms with Gasteiger partial charge in [-0.25, -0.2) is 4.79 Å². The molecule has 0 amide bonds. The topological polar surface area (TPSA) is 51.7 Å². The largest absolute Gasteiger partial charge is 0.480 e. The molecule has 0 atom stereocenters. The number of ether oxygens (including phenoxy) is 2. The summed E-state index contributed by atoms with van der Waals surface area (Å²) in [5, 5.41) is 0. The molecule has 1 aromatic rings. The van der Waals surface area contributed by atoms with Gasteiger partial charge in [-0.05, 0) is 38.3 Å². The average molecular weight is 264 g/mol. The summed E-state index contributed by atoms with van der Waals surface area (Å²) in [5.74, 6) is 0.808. The van der Waals surface area contributed by atoms with E-state index in [9.17, 15) is 4.79 Å². The molecule has 2 rings (SSSR count). The van der Waals surface area contributed by atoms with Crippen LogP contribution in [-0.2, 0) is 4.74 Å². The molecule has 0 N–H and O–H groups in total. The number of aromatic nitrogens is 1. The number of nitrogens with zero attached hydrogens (tertiary/aromatic N) is 2. The molecule has 0 radical (unpaired) electrons. The lowest BCUT2D eigenvalue weighted by atomic mass is 10.1. The summed E-state index contributed by atoms with van der Waals surface area (Å²) in [5.41, 5.74) is 0.380. The SMILES string of the molecule is CCOC(=O)c1ccc(N2CCCCC2)nc1OC. The minimum absolute atomic E-state index is 0.335. The lowest BCUT2D eigenvalue weighted by molar-refractivity contribution is 0.0522. The molecule has 1 fully saturated rings. The van der Waals surface area contributed by atoms with Gasteiger partial charge >= 0.3 is 5.97 Å². The summed E-state index contributed by atoms with van der Waals surface area (Å²) >= 11 is 0. The van der Waals surface area contributed by atoms with Gasteiger partial charge in [0.1, 0.15) is 11.4 Å². The second-order valence-corrected chi connectivity index (χ2v) is 4.49. The summed E-state index contributed by atoms with van der Waals surface area (Å²) in [7, 11) is 1.52. The van der Waals surface area contributed by atoms with Gasteiger partial charge in [-0.1, -0.05) is 0 Å². The summed E-state index contributed by atoms with van der Waals surface area (Å²) in [6.07, 6.45) is 3.64. The number of anilines is 1. The van der Waals surface area contributed by atoms with Crippen LogP contribution in [0.15, 0.2) is 12.1 Å². The molecule has 1 aromatic heterocycles. The highest BCUT2D eigenvalue weighted by molar-refractivity contribution is 5.92. The highest BCUT2D eigenvalue weighted by Crippen LogP contribution is 2.24. The van der Waals surface area contributed by atoms with E-state index in [4.69, 9.17) is 9.47 Å². The highest BCUT2D eigenvalue weighted by atomic mass is 16.5. The molecule has 0 aliphatic carbocycles. The van der Waals surface area contributed by atoms with Crippen molar-refractivity contribution in [3.63, 3.8) is 0 Å². The predicted octanol–water partition coefficient (Wildman–Crippen LogP) is 2.26. The number of carbonyl (C=O) groups is 1. The van der Waals surface area contributed by atoms with Crippen molar-refractivity contribution in [2.45, 2.75) is 26.2 Å². The Bertz CT molecular complexity index is 442. The van der Waals surface area contributed by atoms with Crippen LogP contribution in [0.2, 0.25) is 0 Å². The Morgan fingerprint density at radius 1 is 1.32 bits per heavy atom. The summed E-state index contributed by atoms with van der Waals surface area (Å²) in [6.45, 7) is 4.14. The zero-order valence-electron chi connectivity index (χ0n) is 11.5. The number of hydrogen-bond donors (Lipinski definition) is 0. The van der Waals surface area contributed by atoms with Crippen LogP contribution in [0.3, 0.4) is 0 Å². The maximum atomic E-state index is 11.8. The number of methoxy groups -OCH3 is 1. The van der Waals surface area contributed by atoms with Gasteiger partial charge in [0.15, 0.2) is 0 Å². The van der Waals surface area contributed by atoms with Gasteiger partial charge in [-0.2, -0.15) is 4.98 Å². The molecule has 104 valence electrons. The number of carbonyl (C=O) groups excluding carboxylic acids is 1. The van der Waals surface area contributed by atoms with E-state index in [1.165, 1.54) is 26.4 Å². The molecule has 1 aliphatic heterocycles. The monoisotopic (exact) mass is 264 g/mol. The standard InChI is InChI=1S/C14H20N2O3/c1-3-19-14(17)11-7-8-12(15-13(11)18-2)16-9-5-4-6-10-16/h7-8H,3-6,9-10H2,1-2H3.